The molecule has 24 heavy (non-hydrogen) atoms. The van der Waals surface area contributed by atoms with Crippen molar-refractivity contribution < 1.29 is 13.2 Å². The highest BCUT2D eigenvalue weighted by atomic mass is 32.2. The molecule has 130 valence electrons. The number of hydrogen-bond acceptors (Lipinski definition) is 6. The summed E-state index contributed by atoms with van der Waals surface area (Å²) in [5.41, 5.74) is 1.80. The number of thiazole rings is 1. The second-order valence-corrected chi connectivity index (χ2v) is 8.87. The number of hydrogen-bond donors (Lipinski definition) is 1. The fraction of sp³-hybridized carbons (Fsp3) is 0.438. The third-order valence-corrected chi connectivity index (χ3v) is 6.57. The molecule has 0 bridgehead atoms. The van der Waals surface area contributed by atoms with Gasteiger partial charge in [0.05, 0.1) is 19.0 Å². The Morgan fingerprint density at radius 1 is 1.25 bits per heavy atom. The maximum Gasteiger partial charge on any atom is 0.218 e. The van der Waals surface area contributed by atoms with Gasteiger partial charge in [-0.3, -0.25) is 0 Å². The van der Waals surface area contributed by atoms with E-state index in [4.69, 9.17) is 4.74 Å². The Kier molecular flexibility index (Phi) is 5.50. The highest BCUT2D eigenvalue weighted by Crippen LogP contribution is 2.20. The lowest BCUT2D eigenvalue weighted by atomic mass is 10.1. The van der Waals surface area contributed by atoms with Crippen LogP contribution in [0.3, 0.4) is 0 Å². The second-order valence-electron chi connectivity index (χ2n) is 5.67. The Labute approximate surface area is 146 Å². The first-order chi connectivity index (χ1) is 11.5. The fourth-order valence-electron chi connectivity index (χ4n) is 2.59. The molecule has 1 aliphatic rings. The first-order valence-electron chi connectivity index (χ1n) is 7.83. The van der Waals surface area contributed by atoms with Crippen molar-refractivity contribution in [1.29, 1.82) is 0 Å². The molecule has 6 nitrogen and oxygen atoms in total. The summed E-state index contributed by atoms with van der Waals surface area (Å²) in [7, 11) is -3.33. The van der Waals surface area contributed by atoms with Crippen molar-refractivity contribution in [2.24, 2.45) is 0 Å². The predicted octanol–water partition coefficient (Wildman–Crippen LogP) is 2.23. The largest absolute Gasteiger partial charge is 0.379 e. The molecular formula is C16H21N3O3S2. The summed E-state index contributed by atoms with van der Waals surface area (Å²) in [6, 6.07) is 7.63. The monoisotopic (exact) mass is 367 g/mol. The molecule has 1 aromatic carbocycles. The van der Waals surface area contributed by atoms with Gasteiger partial charge < -0.3 is 10.1 Å². The van der Waals surface area contributed by atoms with E-state index in [1.165, 1.54) is 4.31 Å². The van der Waals surface area contributed by atoms with Crippen LogP contribution in [0.25, 0.3) is 0 Å². The molecule has 0 unspecified atom stereocenters. The number of aromatic nitrogens is 1. The van der Waals surface area contributed by atoms with Gasteiger partial charge in [-0.2, -0.15) is 4.31 Å². The van der Waals surface area contributed by atoms with Crippen molar-refractivity contribution in [3.05, 3.63) is 46.5 Å². The molecule has 3 rings (SSSR count). The number of rotatable bonds is 6. The van der Waals surface area contributed by atoms with Crippen LogP contribution in [0, 0.1) is 6.92 Å². The number of nitrogens with zero attached hydrogens (tertiary/aromatic N) is 2. The Morgan fingerprint density at radius 3 is 2.62 bits per heavy atom. The van der Waals surface area contributed by atoms with Crippen molar-refractivity contribution in [3.63, 3.8) is 0 Å². The first kappa shape index (κ1) is 17.3. The quantitative estimate of drug-likeness (QED) is 0.848. The standard InChI is InChI=1S/C16H21N3O3S2/c1-13-10-17-16(23-13)18-11-14-4-2-3-5-15(14)12-24(20,21)19-6-8-22-9-7-19/h2-5,10H,6-9,11-12H2,1H3,(H,17,18). The van der Waals surface area contributed by atoms with E-state index in [2.05, 4.69) is 10.3 Å². The average Bonchev–Trinajstić information content (AvgIpc) is 3.00. The van der Waals surface area contributed by atoms with E-state index in [1.54, 1.807) is 11.3 Å². The highest BCUT2D eigenvalue weighted by molar-refractivity contribution is 7.88. The van der Waals surface area contributed by atoms with Crippen LogP contribution in [0.5, 0.6) is 0 Å². The van der Waals surface area contributed by atoms with Crippen LogP contribution >= 0.6 is 11.3 Å². The molecule has 0 spiro atoms. The maximum absolute atomic E-state index is 12.6. The topological polar surface area (TPSA) is 71.5 Å². The molecule has 0 radical (unpaired) electrons. The van der Waals surface area contributed by atoms with E-state index in [1.807, 2.05) is 37.4 Å². The number of nitrogens with one attached hydrogen (secondary N) is 1. The minimum Gasteiger partial charge on any atom is -0.379 e. The summed E-state index contributed by atoms with van der Waals surface area (Å²) in [5, 5.41) is 4.11. The summed E-state index contributed by atoms with van der Waals surface area (Å²) in [4.78, 5) is 5.42. The van der Waals surface area contributed by atoms with E-state index < -0.39 is 10.0 Å². The molecule has 1 aliphatic heterocycles. The first-order valence-corrected chi connectivity index (χ1v) is 10.3. The molecule has 0 amide bonds. The summed E-state index contributed by atoms with van der Waals surface area (Å²) in [6.07, 6.45) is 1.82. The normalized spacial score (nSPS) is 16.2. The minimum absolute atomic E-state index is 0.0156. The average molecular weight is 367 g/mol. The second kappa shape index (κ2) is 7.60. The van der Waals surface area contributed by atoms with Crippen LogP contribution in [0.1, 0.15) is 16.0 Å². The Balaban J connectivity index is 1.71. The van der Waals surface area contributed by atoms with E-state index in [0.717, 1.165) is 21.1 Å². The van der Waals surface area contributed by atoms with E-state index in [-0.39, 0.29) is 5.75 Å². The van der Waals surface area contributed by atoms with Crippen molar-refractivity contribution in [2.75, 3.05) is 31.6 Å². The van der Waals surface area contributed by atoms with Gasteiger partial charge >= 0.3 is 0 Å². The molecule has 0 aliphatic carbocycles. The number of ether oxygens (including phenoxy) is 1. The SMILES string of the molecule is Cc1cnc(NCc2ccccc2CS(=O)(=O)N2CCOCC2)s1. The van der Waals surface area contributed by atoms with Crippen LogP contribution in [-0.2, 0) is 27.1 Å². The Hall–Kier alpha value is -1.48. The molecule has 1 aromatic heterocycles. The molecular weight excluding hydrogens is 346 g/mol. The number of morpholine rings is 1. The van der Waals surface area contributed by atoms with Crippen molar-refractivity contribution >= 4 is 26.5 Å². The highest BCUT2D eigenvalue weighted by Gasteiger charge is 2.25. The lowest BCUT2D eigenvalue weighted by Gasteiger charge is -2.26. The number of benzene rings is 1. The molecule has 0 atom stereocenters. The molecule has 1 N–H and O–H groups in total. The predicted molar refractivity (Wildman–Crippen MR) is 95.6 cm³/mol. The summed E-state index contributed by atoms with van der Waals surface area (Å²) < 4.78 is 32.0. The van der Waals surface area contributed by atoms with Gasteiger partial charge in [-0.15, -0.1) is 11.3 Å². The zero-order valence-electron chi connectivity index (χ0n) is 13.6. The molecule has 1 fully saturated rings. The number of aryl methyl sites for hydroxylation is 1. The van der Waals surface area contributed by atoms with E-state index >= 15 is 0 Å². The van der Waals surface area contributed by atoms with Crippen LogP contribution in [-0.4, -0.2) is 44.0 Å². The van der Waals surface area contributed by atoms with Crippen molar-refractivity contribution in [1.82, 2.24) is 9.29 Å². The van der Waals surface area contributed by atoms with Gasteiger partial charge in [0.25, 0.3) is 0 Å². The van der Waals surface area contributed by atoms with E-state index in [0.29, 0.717) is 32.8 Å². The smallest absolute Gasteiger partial charge is 0.218 e. The molecule has 8 heteroatoms. The molecule has 2 aromatic rings. The van der Waals surface area contributed by atoms with Gasteiger partial charge in [0.15, 0.2) is 5.13 Å². The minimum atomic E-state index is -3.33. The van der Waals surface area contributed by atoms with Gasteiger partial charge in [0.2, 0.25) is 10.0 Å². The van der Waals surface area contributed by atoms with Gasteiger partial charge in [-0.1, -0.05) is 24.3 Å². The Morgan fingerprint density at radius 2 is 1.96 bits per heavy atom. The zero-order valence-corrected chi connectivity index (χ0v) is 15.2. The van der Waals surface area contributed by atoms with Crippen molar-refractivity contribution in [2.45, 2.75) is 19.2 Å². The van der Waals surface area contributed by atoms with Gasteiger partial charge in [-0.05, 0) is 18.1 Å². The van der Waals surface area contributed by atoms with Crippen LogP contribution in [0.2, 0.25) is 0 Å². The molecule has 1 saturated heterocycles. The summed E-state index contributed by atoms with van der Waals surface area (Å²) in [5.74, 6) is 0.0156. The lowest BCUT2D eigenvalue weighted by molar-refractivity contribution is 0.0729. The summed E-state index contributed by atoms with van der Waals surface area (Å²) in [6.45, 7) is 4.35. The van der Waals surface area contributed by atoms with Crippen molar-refractivity contribution in [3.8, 4) is 0 Å². The van der Waals surface area contributed by atoms with Gasteiger partial charge in [0, 0.05) is 30.7 Å². The fourth-order valence-corrected chi connectivity index (χ4v) is 4.81. The van der Waals surface area contributed by atoms with E-state index in [9.17, 15) is 8.42 Å². The van der Waals surface area contributed by atoms with Crippen LogP contribution in [0.15, 0.2) is 30.5 Å². The third-order valence-electron chi connectivity index (χ3n) is 3.87. The van der Waals surface area contributed by atoms with Gasteiger partial charge in [-0.25, -0.2) is 13.4 Å². The van der Waals surface area contributed by atoms with Crippen LogP contribution < -0.4 is 5.32 Å². The molecule has 0 saturated carbocycles. The summed E-state index contributed by atoms with van der Waals surface area (Å²) >= 11 is 1.59. The molecule has 2 heterocycles. The van der Waals surface area contributed by atoms with Crippen LogP contribution in [0.4, 0.5) is 5.13 Å². The van der Waals surface area contributed by atoms with Gasteiger partial charge in [0.1, 0.15) is 0 Å². The third kappa shape index (κ3) is 4.32. The number of sulfonamides is 1. The maximum atomic E-state index is 12.6. The lowest BCUT2D eigenvalue weighted by Crippen LogP contribution is -2.41. The number of anilines is 1. The Bertz CT molecular complexity index is 783. The zero-order chi connectivity index (χ0) is 17.0.